The van der Waals surface area contributed by atoms with Gasteiger partial charge in [0.1, 0.15) is 0 Å². The zero-order valence-electron chi connectivity index (χ0n) is 13.7. The molecule has 1 aromatic rings. The Morgan fingerprint density at radius 2 is 1.44 bits per heavy atom. The van der Waals surface area contributed by atoms with Gasteiger partial charge in [-0.1, -0.05) is 19.9 Å². The highest BCUT2D eigenvalue weighted by Crippen LogP contribution is 2.27. The molecule has 0 radical (unpaired) electrons. The summed E-state index contributed by atoms with van der Waals surface area (Å²) in [4.78, 5) is 19.5. The Kier molecular flexibility index (Phi) is 9.46. The maximum absolute atomic E-state index is 9.77. The van der Waals surface area contributed by atoms with E-state index in [9.17, 15) is 19.8 Å². The molecule has 8 N–H and O–H groups in total. The summed E-state index contributed by atoms with van der Waals surface area (Å²) in [6.45, 7) is 4.39. The van der Waals surface area contributed by atoms with Crippen LogP contribution in [0.2, 0.25) is 0 Å². The predicted molar refractivity (Wildman–Crippen MR) is 85.2 cm³/mol. The highest BCUT2D eigenvalue weighted by Gasteiger charge is 2.29. The average Bonchev–Trinajstić information content (AvgIpc) is 2.53. The van der Waals surface area contributed by atoms with Gasteiger partial charge in [0.05, 0.1) is 6.10 Å². The fraction of sp³-hybridized carbons (Fsp3) is 0.467. The minimum atomic E-state index is -2.27. The molecule has 0 fully saturated rings. The molecule has 0 aliphatic carbocycles. The van der Waals surface area contributed by atoms with Crippen LogP contribution in [0.4, 0.5) is 0 Å². The van der Waals surface area contributed by atoms with Gasteiger partial charge in [-0.3, -0.25) is 0 Å². The minimum absolute atomic E-state index is 0.178. The van der Waals surface area contributed by atoms with Crippen molar-refractivity contribution < 1.29 is 45.3 Å². The molecule has 0 aromatic heterocycles. The number of phenols is 2. The van der Waals surface area contributed by atoms with Gasteiger partial charge >= 0.3 is 11.9 Å². The number of nitrogens with one attached hydrogen (secondary N) is 1. The Labute approximate surface area is 143 Å². The molecule has 1 aromatic carbocycles. The summed E-state index contributed by atoms with van der Waals surface area (Å²) in [5.41, 5.74) is 0.582. The largest absolute Gasteiger partial charge is 0.504 e. The van der Waals surface area contributed by atoms with E-state index in [1.807, 2.05) is 13.8 Å². The van der Waals surface area contributed by atoms with Gasteiger partial charge in [0.15, 0.2) is 23.7 Å². The summed E-state index contributed by atoms with van der Waals surface area (Å²) in [6, 6.07) is 4.61. The quantitative estimate of drug-likeness (QED) is 0.280. The molecule has 0 bridgehead atoms. The minimum Gasteiger partial charge on any atom is -0.504 e. The number of aliphatic carboxylic acids is 2. The number of carboxylic acid groups (broad SMARTS) is 2. The molecule has 1 unspecified atom stereocenters. The third kappa shape index (κ3) is 8.31. The van der Waals surface area contributed by atoms with Crippen molar-refractivity contribution in [3.63, 3.8) is 0 Å². The highest BCUT2D eigenvalue weighted by atomic mass is 16.4. The number of benzene rings is 1. The molecule has 0 saturated carbocycles. The van der Waals surface area contributed by atoms with Crippen molar-refractivity contribution in [2.24, 2.45) is 0 Å². The van der Waals surface area contributed by atoms with Gasteiger partial charge in [-0.25, -0.2) is 9.59 Å². The highest BCUT2D eigenvalue weighted by molar-refractivity contribution is 5.83. The van der Waals surface area contributed by atoms with Crippen LogP contribution in [0.25, 0.3) is 0 Å². The summed E-state index contributed by atoms with van der Waals surface area (Å²) in [7, 11) is 0. The summed E-state index contributed by atoms with van der Waals surface area (Å²) >= 11 is 0. The van der Waals surface area contributed by atoms with Crippen molar-refractivity contribution in [3.8, 4) is 11.5 Å². The van der Waals surface area contributed by atoms with Crippen LogP contribution in [-0.4, -0.2) is 72.5 Å². The molecular formula is C15H23NO9. The first-order valence-corrected chi connectivity index (χ1v) is 7.22. The summed E-state index contributed by atoms with van der Waals surface area (Å²) < 4.78 is 0. The summed E-state index contributed by atoms with van der Waals surface area (Å²) in [5.74, 6) is -3.93. The number of hydrogen-bond donors (Lipinski definition) is 8. The van der Waals surface area contributed by atoms with E-state index in [0.717, 1.165) is 0 Å². The topological polar surface area (TPSA) is 188 Å². The molecule has 0 aliphatic heterocycles. The maximum Gasteiger partial charge on any atom is 0.335 e. The van der Waals surface area contributed by atoms with Crippen LogP contribution in [0.1, 0.15) is 25.5 Å². The second-order valence-electron chi connectivity index (χ2n) is 5.39. The van der Waals surface area contributed by atoms with E-state index in [-0.39, 0.29) is 11.5 Å². The van der Waals surface area contributed by atoms with E-state index in [4.69, 9.17) is 25.5 Å². The first kappa shape index (κ1) is 22.6. The van der Waals surface area contributed by atoms with Gasteiger partial charge in [-0.2, -0.15) is 0 Å². The lowest BCUT2D eigenvalue weighted by atomic mass is 10.1. The number of aliphatic hydroxyl groups excluding tert-OH is 3. The molecule has 142 valence electrons. The Balaban J connectivity index is 0.000000504. The fourth-order valence-corrected chi connectivity index (χ4v) is 1.48. The molecule has 0 aliphatic rings. The van der Waals surface area contributed by atoms with Gasteiger partial charge in [-0.05, 0) is 17.7 Å². The second kappa shape index (κ2) is 10.5. The molecule has 1 rings (SSSR count). The Bertz CT molecular complexity index is 558. The zero-order chi connectivity index (χ0) is 19.7. The molecule has 3 atom stereocenters. The lowest BCUT2D eigenvalue weighted by Crippen LogP contribution is -2.39. The molecule has 0 spiro atoms. The van der Waals surface area contributed by atoms with E-state index in [1.54, 1.807) is 6.07 Å². The molecule has 0 heterocycles. The summed E-state index contributed by atoms with van der Waals surface area (Å²) in [6.07, 6.45) is -5.21. The molecule has 25 heavy (non-hydrogen) atoms. The number of carboxylic acids is 2. The number of rotatable bonds is 7. The Hall–Kier alpha value is -2.40. The first-order valence-electron chi connectivity index (χ1n) is 7.22. The Morgan fingerprint density at radius 3 is 1.80 bits per heavy atom. The fourth-order valence-electron chi connectivity index (χ4n) is 1.48. The molecule has 0 amide bonds. The van der Waals surface area contributed by atoms with Gasteiger partial charge in [0.25, 0.3) is 0 Å². The zero-order valence-corrected chi connectivity index (χ0v) is 13.7. The number of carbonyl (C=O) groups is 2. The van der Waals surface area contributed by atoms with E-state index in [1.165, 1.54) is 12.1 Å². The van der Waals surface area contributed by atoms with Crippen molar-refractivity contribution in [2.75, 3.05) is 6.54 Å². The van der Waals surface area contributed by atoms with Crippen molar-refractivity contribution >= 4 is 11.9 Å². The van der Waals surface area contributed by atoms with Crippen LogP contribution in [0.3, 0.4) is 0 Å². The standard InChI is InChI=1S/C11H17NO3.C4H6O6/c1-7(2)12-6-11(15)8-3-4-9(13)10(14)5-8;5-1(3(7)8)2(6)4(9)10/h3-5,7,11-15H,6H2,1-2H3;1-2,5-6H,(H,7,8)(H,9,10)/t;1-,2-/m.0/s1. The van der Waals surface area contributed by atoms with Crippen molar-refractivity contribution in [2.45, 2.75) is 38.2 Å². The van der Waals surface area contributed by atoms with Crippen LogP contribution >= 0.6 is 0 Å². The third-order valence-corrected chi connectivity index (χ3v) is 2.91. The van der Waals surface area contributed by atoms with Gasteiger partial charge in [0, 0.05) is 12.6 Å². The first-order chi connectivity index (χ1) is 11.5. The van der Waals surface area contributed by atoms with Crippen molar-refractivity contribution in [1.29, 1.82) is 0 Å². The average molecular weight is 361 g/mol. The normalized spacial score (nSPS) is 14.2. The monoisotopic (exact) mass is 361 g/mol. The van der Waals surface area contributed by atoms with E-state index in [0.29, 0.717) is 18.2 Å². The van der Waals surface area contributed by atoms with Gasteiger partial charge in [0.2, 0.25) is 0 Å². The Morgan fingerprint density at radius 1 is 0.960 bits per heavy atom. The number of phenolic OH excluding ortho intramolecular Hbond substituents is 2. The van der Waals surface area contributed by atoms with Gasteiger partial charge in [-0.15, -0.1) is 0 Å². The lowest BCUT2D eigenvalue weighted by molar-refractivity contribution is -0.165. The number of hydrogen-bond acceptors (Lipinski definition) is 8. The van der Waals surface area contributed by atoms with Crippen molar-refractivity contribution in [3.05, 3.63) is 23.8 Å². The molecular weight excluding hydrogens is 338 g/mol. The maximum atomic E-state index is 9.77. The van der Waals surface area contributed by atoms with Crippen LogP contribution in [-0.2, 0) is 9.59 Å². The van der Waals surface area contributed by atoms with Crippen LogP contribution in [0.5, 0.6) is 11.5 Å². The lowest BCUT2D eigenvalue weighted by Gasteiger charge is -2.14. The van der Waals surface area contributed by atoms with Crippen LogP contribution < -0.4 is 5.32 Å². The predicted octanol–water partition coefficient (Wildman–Crippen LogP) is -0.993. The molecule has 10 nitrogen and oxygen atoms in total. The number of aromatic hydroxyl groups is 2. The molecule has 10 heteroatoms. The van der Waals surface area contributed by atoms with Crippen LogP contribution in [0.15, 0.2) is 18.2 Å². The van der Waals surface area contributed by atoms with Crippen LogP contribution in [0, 0.1) is 0 Å². The third-order valence-electron chi connectivity index (χ3n) is 2.91. The SMILES string of the molecule is CC(C)NCC(O)c1ccc(O)c(O)c1.O=C(O)[C@@H](O)[C@H](O)C(=O)O. The summed E-state index contributed by atoms with van der Waals surface area (Å²) in [5, 5.41) is 63.7. The van der Waals surface area contributed by atoms with Crippen molar-refractivity contribution in [1.82, 2.24) is 5.32 Å². The van der Waals surface area contributed by atoms with E-state index < -0.39 is 30.3 Å². The van der Waals surface area contributed by atoms with E-state index in [2.05, 4.69) is 5.32 Å². The van der Waals surface area contributed by atoms with Gasteiger partial charge < -0.3 is 41.1 Å². The smallest absolute Gasteiger partial charge is 0.335 e. The second-order valence-corrected chi connectivity index (χ2v) is 5.39. The van der Waals surface area contributed by atoms with E-state index >= 15 is 0 Å². The molecule has 0 saturated heterocycles. The number of aliphatic hydroxyl groups is 3.